The van der Waals surface area contributed by atoms with Crippen molar-refractivity contribution in [2.75, 3.05) is 0 Å². The SMILES string of the molecule is Cc1cc(C2CC3CCCCC3C2)cc(C(C)(C)C)c1. The monoisotopic (exact) mass is 270 g/mol. The van der Waals surface area contributed by atoms with Crippen molar-refractivity contribution in [1.29, 1.82) is 0 Å². The molecule has 3 rings (SSSR count). The summed E-state index contributed by atoms with van der Waals surface area (Å²) in [7, 11) is 0. The number of rotatable bonds is 1. The average Bonchev–Trinajstić information content (AvgIpc) is 2.80. The molecule has 2 atom stereocenters. The second-order valence-electron chi connectivity index (χ2n) is 8.36. The quantitative estimate of drug-likeness (QED) is 0.589. The number of hydrogen-bond donors (Lipinski definition) is 0. The molecule has 0 aromatic heterocycles. The van der Waals surface area contributed by atoms with Crippen molar-refractivity contribution < 1.29 is 0 Å². The van der Waals surface area contributed by atoms with Gasteiger partial charge in [0.2, 0.25) is 0 Å². The van der Waals surface area contributed by atoms with Gasteiger partial charge in [0, 0.05) is 0 Å². The molecule has 0 spiro atoms. The van der Waals surface area contributed by atoms with E-state index < -0.39 is 0 Å². The Hall–Kier alpha value is -0.780. The van der Waals surface area contributed by atoms with Crippen LogP contribution in [0.2, 0.25) is 0 Å². The van der Waals surface area contributed by atoms with Gasteiger partial charge in [-0.1, -0.05) is 70.2 Å². The minimum absolute atomic E-state index is 0.270. The second-order valence-corrected chi connectivity index (χ2v) is 8.36. The van der Waals surface area contributed by atoms with Crippen LogP contribution in [0.25, 0.3) is 0 Å². The molecule has 0 amide bonds. The molecule has 2 saturated carbocycles. The molecule has 2 aliphatic carbocycles. The number of aryl methyl sites for hydroxylation is 1. The Bertz CT molecular complexity index is 463. The zero-order valence-electron chi connectivity index (χ0n) is 13.7. The van der Waals surface area contributed by atoms with Crippen LogP contribution in [0.15, 0.2) is 18.2 Å². The van der Waals surface area contributed by atoms with E-state index in [9.17, 15) is 0 Å². The van der Waals surface area contributed by atoms with Crippen molar-refractivity contribution in [1.82, 2.24) is 0 Å². The predicted octanol–water partition coefficient (Wildman–Crippen LogP) is 5.98. The van der Waals surface area contributed by atoms with E-state index in [1.165, 1.54) is 49.7 Å². The van der Waals surface area contributed by atoms with E-state index in [4.69, 9.17) is 0 Å². The Morgan fingerprint density at radius 1 is 0.900 bits per heavy atom. The van der Waals surface area contributed by atoms with Gasteiger partial charge in [0.05, 0.1) is 0 Å². The molecule has 2 fully saturated rings. The van der Waals surface area contributed by atoms with Crippen LogP contribution in [0.4, 0.5) is 0 Å². The lowest BCUT2D eigenvalue weighted by Crippen LogP contribution is -2.12. The van der Waals surface area contributed by atoms with E-state index in [0.717, 1.165) is 17.8 Å². The molecule has 0 aliphatic heterocycles. The van der Waals surface area contributed by atoms with Crippen LogP contribution in [0.3, 0.4) is 0 Å². The van der Waals surface area contributed by atoms with Crippen LogP contribution < -0.4 is 0 Å². The second kappa shape index (κ2) is 5.20. The Morgan fingerprint density at radius 2 is 1.50 bits per heavy atom. The summed E-state index contributed by atoms with van der Waals surface area (Å²) < 4.78 is 0. The highest BCUT2D eigenvalue weighted by Crippen LogP contribution is 2.49. The van der Waals surface area contributed by atoms with Crippen LogP contribution in [0, 0.1) is 18.8 Å². The molecule has 110 valence electrons. The summed E-state index contributed by atoms with van der Waals surface area (Å²) >= 11 is 0. The van der Waals surface area contributed by atoms with Gasteiger partial charge in [-0.15, -0.1) is 0 Å². The third-order valence-corrected chi connectivity index (χ3v) is 5.68. The third kappa shape index (κ3) is 2.80. The van der Waals surface area contributed by atoms with Gasteiger partial charge in [0.1, 0.15) is 0 Å². The molecular weight excluding hydrogens is 240 g/mol. The highest BCUT2D eigenvalue weighted by atomic mass is 14.4. The molecule has 0 heterocycles. The van der Waals surface area contributed by atoms with Crippen molar-refractivity contribution in [2.24, 2.45) is 11.8 Å². The number of fused-ring (bicyclic) bond motifs is 1. The highest BCUT2D eigenvalue weighted by Gasteiger charge is 2.36. The standard InChI is InChI=1S/C20H30/c1-14-9-17(13-19(10-14)20(2,3)4)18-11-15-7-5-6-8-16(15)12-18/h9-10,13,15-16,18H,5-8,11-12H2,1-4H3. The van der Waals surface area contributed by atoms with Crippen LogP contribution >= 0.6 is 0 Å². The smallest absolute Gasteiger partial charge is 0.0132 e. The maximum absolute atomic E-state index is 2.51. The topological polar surface area (TPSA) is 0 Å². The molecule has 20 heavy (non-hydrogen) atoms. The molecule has 1 aromatic rings. The van der Waals surface area contributed by atoms with E-state index in [2.05, 4.69) is 45.9 Å². The third-order valence-electron chi connectivity index (χ3n) is 5.68. The lowest BCUT2D eigenvalue weighted by Gasteiger charge is -2.24. The van der Waals surface area contributed by atoms with E-state index >= 15 is 0 Å². The van der Waals surface area contributed by atoms with Gasteiger partial charge in [0.25, 0.3) is 0 Å². The van der Waals surface area contributed by atoms with E-state index in [0.29, 0.717) is 0 Å². The van der Waals surface area contributed by atoms with Crippen LogP contribution in [-0.2, 0) is 5.41 Å². The van der Waals surface area contributed by atoms with Crippen LogP contribution in [-0.4, -0.2) is 0 Å². The molecule has 0 bridgehead atoms. The normalized spacial score (nSPS) is 30.3. The summed E-state index contributed by atoms with van der Waals surface area (Å²) in [5.41, 5.74) is 4.86. The van der Waals surface area contributed by atoms with Crippen molar-refractivity contribution >= 4 is 0 Å². The fourth-order valence-electron chi connectivity index (χ4n) is 4.49. The Morgan fingerprint density at radius 3 is 2.05 bits per heavy atom. The van der Waals surface area contributed by atoms with Crippen molar-refractivity contribution in [3.8, 4) is 0 Å². The summed E-state index contributed by atoms with van der Waals surface area (Å²) in [4.78, 5) is 0. The highest BCUT2D eigenvalue weighted by molar-refractivity contribution is 5.36. The molecule has 1 aromatic carbocycles. The average molecular weight is 270 g/mol. The van der Waals surface area contributed by atoms with Gasteiger partial charge >= 0.3 is 0 Å². The Balaban J connectivity index is 1.85. The number of benzene rings is 1. The molecule has 0 N–H and O–H groups in total. The van der Waals surface area contributed by atoms with Gasteiger partial charge in [-0.05, 0) is 54.1 Å². The van der Waals surface area contributed by atoms with Gasteiger partial charge in [-0.25, -0.2) is 0 Å². The first-order chi connectivity index (χ1) is 9.43. The van der Waals surface area contributed by atoms with Gasteiger partial charge < -0.3 is 0 Å². The molecular formula is C20H30. The fourth-order valence-corrected chi connectivity index (χ4v) is 4.49. The van der Waals surface area contributed by atoms with Crippen molar-refractivity contribution in [2.45, 2.75) is 77.6 Å². The van der Waals surface area contributed by atoms with E-state index in [-0.39, 0.29) is 5.41 Å². The molecule has 2 unspecified atom stereocenters. The maximum Gasteiger partial charge on any atom is -0.0132 e. The summed E-state index contributed by atoms with van der Waals surface area (Å²) in [5.74, 6) is 2.91. The van der Waals surface area contributed by atoms with E-state index in [1.54, 1.807) is 5.56 Å². The number of hydrogen-bond acceptors (Lipinski definition) is 0. The first-order valence-electron chi connectivity index (χ1n) is 8.55. The van der Waals surface area contributed by atoms with Crippen LogP contribution in [0.1, 0.15) is 81.9 Å². The molecule has 0 nitrogen and oxygen atoms in total. The first-order valence-corrected chi connectivity index (χ1v) is 8.55. The summed E-state index contributed by atoms with van der Waals surface area (Å²) in [6, 6.07) is 7.34. The minimum atomic E-state index is 0.270. The fraction of sp³-hybridized carbons (Fsp3) is 0.700. The predicted molar refractivity (Wildman–Crippen MR) is 87.3 cm³/mol. The lowest BCUT2D eigenvalue weighted by molar-refractivity contribution is 0.277. The summed E-state index contributed by atoms with van der Waals surface area (Å²) in [6.45, 7) is 9.26. The first kappa shape index (κ1) is 14.2. The lowest BCUT2D eigenvalue weighted by atomic mass is 9.82. The van der Waals surface area contributed by atoms with Gasteiger partial charge in [-0.3, -0.25) is 0 Å². The van der Waals surface area contributed by atoms with Crippen LogP contribution in [0.5, 0.6) is 0 Å². The molecule has 0 saturated heterocycles. The Labute approximate surface area is 125 Å². The molecule has 0 heteroatoms. The minimum Gasteiger partial charge on any atom is -0.0561 e. The zero-order chi connectivity index (χ0) is 14.3. The van der Waals surface area contributed by atoms with Gasteiger partial charge in [-0.2, -0.15) is 0 Å². The summed E-state index contributed by atoms with van der Waals surface area (Å²) in [5, 5.41) is 0. The largest absolute Gasteiger partial charge is 0.0561 e. The van der Waals surface area contributed by atoms with Gasteiger partial charge in [0.15, 0.2) is 0 Å². The zero-order valence-corrected chi connectivity index (χ0v) is 13.7. The van der Waals surface area contributed by atoms with Crippen molar-refractivity contribution in [3.05, 3.63) is 34.9 Å². The molecule has 0 radical (unpaired) electrons. The summed E-state index contributed by atoms with van der Waals surface area (Å²) in [6.07, 6.45) is 8.87. The maximum atomic E-state index is 2.51. The Kier molecular flexibility index (Phi) is 3.69. The van der Waals surface area contributed by atoms with E-state index in [1.807, 2.05) is 0 Å². The van der Waals surface area contributed by atoms with Crippen molar-refractivity contribution in [3.63, 3.8) is 0 Å². The molecule has 2 aliphatic rings.